The molecule has 3 aromatic rings. The average Bonchev–Trinajstić information content (AvgIpc) is 3.78. The summed E-state index contributed by atoms with van der Waals surface area (Å²) in [5.41, 5.74) is -15.1. The highest BCUT2D eigenvalue weighted by Crippen LogP contribution is 2.55. The van der Waals surface area contributed by atoms with Gasteiger partial charge in [-0.05, 0) is 65.2 Å². The van der Waals surface area contributed by atoms with Gasteiger partial charge in [0, 0.05) is 22.2 Å². The first-order valence-electron chi connectivity index (χ1n) is 12.4. The Morgan fingerprint density at radius 1 is 0.891 bits per heavy atom. The van der Waals surface area contributed by atoms with Crippen molar-refractivity contribution < 1.29 is 62.7 Å². The van der Waals surface area contributed by atoms with Crippen molar-refractivity contribution in [1.82, 2.24) is 4.98 Å². The molecule has 19 heteroatoms. The van der Waals surface area contributed by atoms with E-state index in [4.69, 9.17) is 11.6 Å². The molecule has 0 atom stereocenters. The third-order valence-electron chi connectivity index (χ3n) is 6.60. The van der Waals surface area contributed by atoms with Crippen LogP contribution in [-0.2, 0) is 16.6 Å². The minimum atomic E-state index is -6.80. The Balaban J connectivity index is 1.90. The van der Waals surface area contributed by atoms with E-state index in [-0.39, 0.29) is 34.5 Å². The van der Waals surface area contributed by atoms with Gasteiger partial charge in [0.1, 0.15) is 5.15 Å². The molecule has 1 heterocycles. The topological polar surface area (TPSA) is 79.4 Å². The first kappa shape index (κ1) is 35.1. The van der Waals surface area contributed by atoms with E-state index < -0.39 is 92.3 Å². The molecule has 0 bridgehead atoms. The van der Waals surface area contributed by atoms with Gasteiger partial charge in [0.15, 0.2) is 5.82 Å². The van der Waals surface area contributed by atoms with Gasteiger partial charge < -0.3 is 5.32 Å². The average molecular weight is 753 g/mol. The summed E-state index contributed by atoms with van der Waals surface area (Å²) in [5.74, 6) is -7.04. The van der Waals surface area contributed by atoms with Gasteiger partial charge >= 0.3 is 24.2 Å². The van der Waals surface area contributed by atoms with E-state index in [1.54, 1.807) is 0 Å². The second-order valence-electron chi connectivity index (χ2n) is 9.72. The van der Waals surface area contributed by atoms with Crippen molar-refractivity contribution in [1.29, 1.82) is 0 Å². The second-order valence-corrected chi connectivity index (χ2v) is 10.9. The third-order valence-corrected chi connectivity index (χ3v) is 7.51. The number of carbonyl (C=O) groups excluding carboxylic acids is 3. The van der Waals surface area contributed by atoms with E-state index in [9.17, 15) is 58.3 Å². The van der Waals surface area contributed by atoms with Crippen LogP contribution in [-0.4, -0.2) is 35.1 Å². The fourth-order valence-corrected chi connectivity index (χ4v) is 5.06. The Bertz CT molecular complexity index is 1710. The standard InChI is InChI=1S/C27H14BrClF11N3O3/c28-16-10-12(24(31,26(35,36)37)27(38,39)40)9-15(25(32,33)34)19(16)43(22(45)11-6-7-11)23(46)13-3-1-5-17(18(13)30)42-21(44)14-4-2-8-41-20(14)29/h1-5,8-11H,6-7H2,(H,42,44). The van der Waals surface area contributed by atoms with Crippen molar-refractivity contribution in [2.24, 2.45) is 5.92 Å². The fourth-order valence-electron chi connectivity index (χ4n) is 4.21. The number of pyridine rings is 1. The first-order chi connectivity index (χ1) is 21.1. The lowest BCUT2D eigenvalue weighted by Crippen LogP contribution is -2.50. The lowest BCUT2D eigenvalue weighted by atomic mass is 9.91. The number of hydrogen-bond acceptors (Lipinski definition) is 4. The number of benzene rings is 2. The van der Waals surface area contributed by atoms with Crippen LogP contribution in [0.5, 0.6) is 0 Å². The molecule has 1 aliphatic carbocycles. The Hall–Kier alpha value is -3.80. The highest BCUT2D eigenvalue weighted by atomic mass is 79.9. The summed E-state index contributed by atoms with van der Waals surface area (Å²) in [6.07, 6.45) is -18.2. The highest BCUT2D eigenvalue weighted by Gasteiger charge is 2.74. The van der Waals surface area contributed by atoms with Crippen LogP contribution in [0.2, 0.25) is 5.15 Å². The molecule has 0 aliphatic heterocycles. The van der Waals surface area contributed by atoms with Gasteiger partial charge in [-0.15, -0.1) is 0 Å². The Morgan fingerprint density at radius 2 is 1.48 bits per heavy atom. The summed E-state index contributed by atoms with van der Waals surface area (Å²) in [6, 6.07) is 3.91. The molecular formula is C27H14BrClF11N3O3. The molecule has 3 amide bonds. The van der Waals surface area contributed by atoms with Gasteiger partial charge in [-0.3, -0.25) is 14.4 Å². The van der Waals surface area contributed by atoms with E-state index in [0.29, 0.717) is 6.07 Å². The molecule has 0 radical (unpaired) electrons. The van der Waals surface area contributed by atoms with Gasteiger partial charge in [-0.2, -0.15) is 39.5 Å². The van der Waals surface area contributed by atoms with Crippen molar-refractivity contribution in [3.05, 3.63) is 86.4 Å². The number of anilines is 2. The number of hydrogen-bond donors (Lipinski definition) is 1. The minimum Gasteiger partial charge on any atom is -0.319 e. The molecule has 246 valence electrons. The zero-order valence-electron chi connectivity index (χ0n) is 22.1. The monoisotopic (exact) mass is 751 g/mol. The Kier molecular flexibility index (Phi) is 9.22. The van der Waals surface area contributed by atoms with Crippen molar-refractivity contribution in [3.63, 3.8) is 0 Å². The largest absolute Gasteiger partial charge is 0.435 e. The SMILES string of the molecule is O=C(Nc1cccc(C(=O)N(C(=O)C2CC2)c2c(Br)cc(C(F)(C(F)(F)F)C(F)(F)F)cc2C(F)(F)F)c1F)c1cccnc1Cl. The minimum absolute atomic E-state index is 0.0137. The smallest absolute Gasteiger partial charge is 0.319 e. The van der Waals surface area contributed by atoms with E-state index in [1.807, 2.05) is 0 Å². The zero-order chi connectivity index (χ0) is 34.6. The molecule has 0 unspecified atom stereocenters. The maximum Gasteiger partial charge on any atom is 0.435 e. The highest BCUT2D eigenvalue weighted by molar-refractivity contribution is 9.10. The van der Waals surface area contributed by atoms with Crippen LogP contribution in [0.25, 0.3) is 0 Å². The van der Waals surface area contributed by atoms with Crippen molar-refractivity contribution in [3.8, 4) is 0 Å². The van der Waals surface area contributed by atoms with E-state index in [1.165, 1.54) is 18.3 Å². The predicted molar refractivity (Wildman–Crippen MR) is 142 cm³/mol. The third kappa shape index (κ3) is 6.41. The summed E-state index contributed by atoms with van der Waals surface area (Å²) in [6.45, 7) is 0. The second kappa shape index (κ2) is 12.1. The molecule has 1 fully saturated rings. The van der Waals surface area contributed by atoms with Gasteiger partial charge in [0.05, 0.1) is 28.1 Å². The summed E-state index contributed by atoms with van der Waals surface area (Å²) in [5, 5.41) is 1.76. The summed E-state index contributed by atoms with van der Waals surface area (Å²) in [4.78, 5) is 42.9. The molecule has 4 rings (SSSR count). The lowest BCUT2D eigenvalue weighted by molar-refractivity contribution is -0.348. The number of nitrogens with zero attached hydrogens (tertiary/aromatic N) is 2. The van der Waals surface area contributed by atoms with Gasteiger partial charge in [-0.1, -0.05) is 17.7 Å². The molecule has 1 N–H and O–H groups in total. The van der Waals surface area contributed by atoms with Gasteiger partial charge in [0.25, 0.3) is 11.8 Å². The number of alkyl halides is 10. The molecule has 0 saturated heterocycles. The first-order valence-corrected chi connectivity index (χ1v) is 13.6. The number of amides is 3. The molecular weight excluding hydrogens is 739 g/mol. The van der Waals surface area contributed by atoms with Crippen LogP contribution in [0, 0.1) is 11.7 Å². The van der Waals surface area contributed by atoms with Crippen LogP contribution in [0.1, 0.15) is 44.7 Å². The summed E-state index contributed by atoms with van der Waals surface area (Å²) in [7, 11) is 0. The lowest BCUT2D eigenvalue weighted by Gasteiger charge is -2.32. The number of nitrogens with one attached hydrogen (secondary N) is 1. The number of carbonyl (C=O) groups is 3. The Morgan fingerprint density at radius 3 is 2.00 bits per heavy atom. The van der Waals surface area contributed by atoms with Crippen LogP contribution >= 0.6 is 27.5 Å². The quantitative estimate of drug-likeness (QED) is 0.155. The number of imide groups is 1. The molecule has 1 aliphatic rings. The van der Waals surface area contributed by atoms with E-state index >= 15 is 4.39 Å². The van der Waals surface area contributed by atoms with Crippen LogP contribution < -0.4 is 10.2 Å². The fraction of sp³-hybridized carbons (Fsp3) is 0.259. The normalized spacial score (nSPS) is 14.2. The van der Waals surface area contributed by atoms with E-state index in [2.05, 4.69) is 26.2 Å². The number of rotatable bonds is 6. The number of aromatic nitrogens is 1. The maximum absolute atomic E-state index is 15.6. The Labute approximate surface area is 263 Å². The molecule has 0 spiro atoms. The molecule has 6 nitrogen and oxygen atoms in total. The van der Waals surface area contributed by atoms with Crippen molar-refractivity contribution in [2.45, 2.75) is 37.0 Å². The maximum atomic E-state index is 15.6. The number of halogens is 13. The molecule has 1 aromatic heterocycles. The molecule has 46 heavy (non-hydrogen) atoms. The molecule has 1 saturated carbocycles. The van der Waals surface area contributed by atoms with Crippen molar-refractivity contribution in [2.75, 3.05) is 10.2 Å². The van der Waals surface area contributed by atoms with Crippen LogP contribution in [0.4, 0.5) is 59.7 Å². The summed E-state index contributed by atoms with van der Waals surface area (Å²) < 4.78 is 152. The summed E-state index contributed by atoms with van der Waals surface area (Å²) >= 11 is 8.21. The van der Waals surface area contributed by atoms with Crippen molar-refractivity contribution >= 4 is 56.6 Å². The molecule has 2 aromatic carbocycles. The van der Waals surface area contributed by atoms with Crippen LogP contribution in [0.15, 0.2) is 53.1 Å². The van der Waals surface area contributed by atoms with Gasteiger partial charge in [-0.25, -0.2) is 18.7 Å². The van der Waals surface area contributed by atoms with E-state index in [0.717, 1.165) is 12.1 Å². The van der Waals surface area contributed by atoms with Crippen LogP contribution in [0.3, 0.4) is 0 Å². The van der Waals surface area contributed by atoms with Gasteiger partial charge in [0.2, 0.25) is 5.91 Å². The zero-order valence-corrected chi connectivity index (χ0v) is 24.5. The predicted octanol–water partition coefficient (Wildman–Crippen LogP) is 8.78.